The summed E-state index contributed by atoms with van der Waals surface area (Å²) in [5, 5.41) is 8.63. The third-order valence-electron chi connectivity index (χ3n) is 2.33. The highest BCUT2D eigenvalue weighted by Gasteiger charge is 2.01. The first-order chi connectivity index (χ1) is 9.19. The van der Waals surface area contributed by atoms with Crippen LogP contribution in [0.3, 0.4) is 0 Å². The minimum absolute atomic E-state index is 0.0536. The molecule has 0 unspecified atom stereocenters. The second-order valence-corrected chi connectivity index (χ2v) is 4.95. The van der Waals surface area contributed by atoms with Crippen LogP contribution in [0.2, 0.25) is 0 Å². The fourth-order valence-corrected chi connectivity index (χ4v) is 2.35. The van der Waals surface area contributed by atoms with Crippen molar-refractivity contribution in [2.75, 3.05) is 6.61 Å². The van der Waals surface area contributed by atoms with E-state index < -0.39 is 11.2 Å². The van der Waals surface area contributed by atoms with Crippen LogP contribution in [0.1, 0.15) is 16.2 Å². The first-order valence-electron chi connectivity index (χ1n) is 5.67. The molecule has 19 heavy (non-hydrogen) atoms. The molecule has 0 bridgehead atoms. The minimum atomic E-state index is -0.422. The van der Waals surface area contributed by atoms with Crippen LogP contribution in [-0.2, 0) is 6.54 Å². The van der Waals surface area contributed by atoms with Crippen molar-refractivity contribution in [3.8, 4) is 11.8 Å². The molecule has 2 N–H and O–H groups in total. The van der Waals surface area contributed by atoms with Gasteiger partial charge in [0.15, 0.2) is 0 Å². The van der Waals surface area contributed by atoms with Crippen LogP contribution in [0.5, 0.6) is 0 Å². The zero-order valence-electron chi connectivity index (χ0n) is 10.0. The quantitative estimate of drug-likeness (QED) is 0.796. The molecule has 5 nitrogen and oxygen atoms in total. The van der Waals surface area contributed by atoms with Gasteiger partial charge in [0, 0.05) is 23.6 Å². The van der Waals surface area contributed by atoms with E-state index in [1.165, 1.54) is 28.2 Å². The molecule has 98 valence electrons. The Bertz CT molecular complexity index is 730. The summed E-state index contributed by atoms with van der Waals surface area (Å²) in [6, 6.07) is 5.09. The lowest BCUT2D eigenvalue weighted by Crippen LogP contribution is -2.28. The molecule has 0 spiro atoms. The molecule has 0 fully saturated rings. The summed E-state index contributed by atoms with van der Waals surface area (Å²) >= 11 is 1.48. The molecular formula is C13H12N2O3S. The first-order valence-corrected chi connectivity index (χ1v) is 6.49. The van der Waals surface area contributed by atoms with Crippen LogP contribution in [0, 0.1) is 11.8 Å². The number of aromatic amines is 1. The van der Waals surface area contributed by atoms with Crippen LogP contribution in [0.15, 0.2) is 34.0 Å². The van der Waals surface area contributed by atoms with Gasteiger partial charge in [0.05, 0.1) is 18.0 Å². The normalized spacial score (nSPS) is 9.95. The van der Waals surface area contributed by atoms with Crippen molar-refractivity contribution < 1.29 is 5.11 Å². The van der Waals surface area contributed by atoms with E-state index in [0.717, 1.165) is 9.75 Å². The number of hydrogen-bond acceptors (Lipinski definition) is 4. The molecule has 0 atom stereocenters. The first kappa shape index (κ1) is 13.3. The predicted molar refractivity (Wildman–Crippen MR) is 73.3 cm³/mol. The molecule has 2 rings (SSSR count). The van der Waals surface area contributed by atoms with E-state index in [4.69, 9.17) is 5.11 Å². The lowest BCUT2D eigenvalue weighted by molar-refractivity contribution is 0.305. The van der Waals surface area contributed by atoms with E-state index in [2.05, 4.69) is 16.8 Å². The third-order valence-corrected chi connectivity index (χ3v) is 3.32. The van der Waals surface area contributed by atoms with Crippen molar-refractivity contribution in [3.05, 3.63) is 55.0 Å². The maximum absolute atomic E-state index is 11.5. The fraction of sp³-hybridized carbons (Fsp3) is 0.231. The van der Waals surface area contributed by atoms with Gasteiger partial charge in [-0.15, -0.1) is 11.3 Å². The van der Waals surface area contributed by atoms with Crippen LogP contribution < -0.4 is 11.2 Å². The lowest BCUT2D eigenvalue weighted by atomic mass is 10.4. The van der Waals surface area contributed by atoms with Crippen molar-refractivity contribution in [1.82, 2.24) is 9.55 Å². The monoisotopic (exact) mass is 276 g/mol. The number of aliphatic hydroxyl groups excluding tert-OH is 1. The van der Waals surface area contributed by atoms with Gasteiger partial charge in [0.25, 0.3) is 5.56 Å². The zero-order chi connectivity index (χ0) is 13.7. The fourth-order valence-electron chi connectivity index (χ4n) is 1.47. The van der Waals surface area contributed by atoms with Gasteiger partial charge in [0.1, 0.15) is 0 Å². The average Bonchev–Trinajstić information content (AvgIpc) is 2.81. The molecule has 0 aromatic carbocycles. The molecule has 0 aliphatic heterocycles. The van der Waals surface area contributed by atoms with Gasteiger partial charge >= 0.3 is 5.69 Å². The molecule has 2 aromatic heterocycles. The number of hydrogen-bond donors (Lipinski definition) is 2. The molecule has 0 radical (unpaired) electrons. The van der Waals surface area contributed by atoms with Crippen molar-refractivity contribution in [3.63, 3.8) is 0 Å². The Balaban J connectivity index is 2.14. The number of rotatable bonds is 3. The lowest BCUT2D eigenvalue weighted by Gasteiger charge is -2.00. The van der Waals surface area contributed by atoms with Crippen molar-refractivity contribution in [2.45, 2.75) is 13.0 Å². The summed E-state index contributed by atoms with van der Waals surface area (Å²) in [5.41, 5.74) is -0.822. The summed E-state index contributed by atoms with van der Waals surface area (Å²) in [4.78, 5) is 26.5. The van der Waals surface area contributed by atoms with E-state index in [9.17, 15) is 9.59 Å². The topological polar surface area (TPSA) is 75.1 Å². The van der Waals surface area contributed by atoms with Crippen molar-refractivity contribution in [1.29, 1.82) is 0 Å². The Labute approximate surface area is 113 Å². The summed E-state index contributed by atoms with van der Waals surface area (Å²) in [7, 11) is 0. The van der Waals surface area contributed by atoms with E-state index in [1.807, 2.05) is 12.1 Å². The zero-order valence-corrected chi connectivity index (χ0v) is 10.9. The molecule has 2 heterocycles. The summed E-state index contributed by atoms with van der Waals surface area (Å²) in [5.74, 6) is 5.78. The maximum Gasteiger partial charge on any atom is 0.328 e. The summed E-state index contributed by atoms with van der Waals surface area (Å²) in [6.07, 6.45) is 1.92. The molecule has 2 aromatic rings. The number of thiophene rings is 1. The van der Waals surface area contributed by atoms with Crippen molar-refractivity contribution >= 4 is 11.3 Å². The van der Waals surface area contributed by atoms with Gasteiger partial charge < -0.3 is 5.11 Å². The highest BCUT2D eigenvalue weighted by atomic mass is 32.1. The number of aliphatic hydroxyl groups is 1. The SMILES string of the molecule is O=c1ccn(Cc2ccc(C#CCCO)s2)c(=O)[nH]1. The highest BCUT2D eigenvalue weighted by Crippen LogP contribution is 2.15. The third kappa shape index (κ3) is 3.68. The molecule has 0 aliphatic rings. The van der Waals surface area contributed by atoms with E-state index in [1.54, 1.807) is 0 Å². The molecule has 0 saturated heterocycles. The standard InChI is InChI=1S/C13H12N2O3S/c16-8-2-1-3-10-4-5-11(19-10)9-15-7-6-12(17)14-13(15)18/h4-7,16H,2,8-9H2,(H,14,17,18). The van der Waals surface area contributed by atoms with Gasteiger partial charge in [0.2, 0.25) is 0 Å². The van der Waals surface area contributed by atoms with Crippen LogP contribution in [0.25, 0.3) is 0 Å². The second kappa shape index (κ2) is 6.18. The van der Waals surface area contributed by atoms with Crippen LogP contribution in [0.4, 0.5) is 0 Å². The Hall–Kier alpha value is -2.10. The molecule has 0 saturated carbocycles. The smallest absolute Gasteiger partial charge is 0.328 e. The van der Waals surface area contributed by atoms with E-state index >= 15 is 0 Å². The van der Waals surface area contributed by atoms with Gasteiger partial charge in [-0.1, -0.05) is 11.8 Å². The Morgan fingerprint density at radius 2 is 2.16 bits per heavy atom. The van der Waals surface area contributed by atoms with Gasteiger partial charge in [-0.3, -0.25) is 14.3 Å². The minimum Gasteiger partial charge on any atom is -0.395 e. The maximum atomic E-state index is 11.5. The van der Waals surface area contributed by atoms with E-state index in [0.29, 0.717) is 13.0 Å². The number of nitrogens with one attached hydrogen (secondary N) is 1. The van der Waals surface area contributed by atoms with Gasteiger partial charge in [-0.25, -0.2) is 4.79 Å². The summed E-state index contributed by atoms with van der Waals surface area (Å²) in [6.45, 7) is 0.458. The highest BCUT2D eigenvalue weighted by molar-refractivity contribution is 7.12. The van der Waals surface area contributed by atoms with Crippen molar-refractivity contribution in [2.24, 2.45) is 0 Å². The van der Waals surface area contributed by atoms with Crippen LogP contribution in [-0.4, -0.2) is 21.3 Å². The Morgan fingerprint density at radius 1 is 1.32 bits per heavy atom. The Morgan fingerprint density at radius 3 is 2.89 bits per heavy atom. The van der Waals surface area contributed by atoms with Gasteiger partial charge in [-0.2, -0.15) is 0 Å². The molecule has 0 aliphatic carbocycles. The number of aromatic nitrogens is 2. The predicted octanol–water partition coefficient (Wildman–Crippen LogP) is 0.380. The largest absolute Gasteiger partial charge is 0.395 e. The Kier molecular flexibility index (Phi) is 4.34. The number of nitrogens with zero attached hydrogens (tertiary/aromatic N) is 1. The van der Waals surface area contributed by atoms with Gasteiger partial charge in [-0.05, 0) is 12.1 Å². The van der Waals surface area contributed by atoms with Crippen LogP contribution >= 0.6 is 11.3 Å². The second-order valence-electron chi connectivity index (χ2n) is 3.78. The molecule has 0 amide bonds. The van der Waals surface area contributed by atoms with E-state index in [-0.39, 0.29) is 6.61 Å². The molecular weight excluding hydrogens is 264 g/mol. The average molecular weight is 276 g/mol. The number of H-pyrrole nitrogens is 1. The molecule has 6 heteroatoms. The summed E-state index contributed by atoms with van der Waals surface area (Å²) < 4.78 is 1.43.